The summed E-state index contributed by atoms with van der Waals surface area (Å²) in [6.07, 6.45) is 14.4. The monoisotopic (exact) mass is 341 g/mol. The van der Waals surface area contributed by atoms with E-state index in [4.69, 9.17) is 0 Å². The fourth-order valence-corrected chi connectivity index (χ4v) is 3.02. The smallest absolute Gasteiger partial charge is 0.109 e. The molecule has 0 atom stereocenters. The Morgan fingerprint density at radius 3 is 1.20 bits per heavy atom. The van der Waals surface area contributed by atoms with E-state index in [-0.39, 0.29) is 0 Å². The fraction of sp³-hybridized carbons (Fsp3) is 0.500. The van der Waals surface area contributed by atoms with Crippen LogP contribution in [0.5, 0.6) is 0 Å². The Hall–Kier alpha value is -2.41. The van der Waals surface area contributed by atoms with Gasteiger partial charge in [0, 0.05) is 97.2 Å². The van der Waals surface area contributed by atoms with Crippen LogP contribution in [0.25, 0.3) is 0 Å². The Labute approximate surface area is 149 Å². The molecule has 0 aliphatic rings. The van der Waals surface area contributed by atoms with Gasteiger partial charge in [-0.3, -0.25) is 0 Å². The lowest BCUT2D eigenvalue weighted by atomic mass is 10.2. The van der Waals surface area contributed by atoms with Crippen LogP contribution in [0.15, 0.2) is 37.2 Å². The molecule has 25 heavy (non-hydrogen) atoms. The second-order valence-corrected chi connectivity index (χ2v) is 6.45. The molecule has 0 fully saturated rings. The SMILES string of the molecule is Cn1ccnc1CCN(CCc1nccn1C)CCc1nccn1C. The summed E-state index contributed by atoms with van der Waals surface area (Å²) in [5.41, 5.74) is 0. The molecule has 0 aliphatic carbocycles. The zero-order valence-corrected chi connectivity index (χ0v) is 15.3. The third-order valence-electron chi connectivity index (χ3n) is 4.72. The van der Waals surface area contributed by atoms with E-state index >= 15 is 0 Å². The van der Waals surface area contributed by atoms with E-state index < -0.39 is 0 Å². The van der Waals surface area contributed by atoms with Gasteiger partial charge in [-0.15, -0.1) is 0 Å². The highest BCUT2D eigenvalue weighted by Crippen LogP contribution is 2.04. The average molecular weight is 341 g/mol. The number of rotatable bonds is 9. The minimum Gasteiger partial charge on any atom is -0.338 e. The van der Waals surface area contributed by atoms with Gasteiger partial charge in [-0.1, -0.05) is 0 Å². The molecule has 0 N–H and O–H groups in total. The van der Waals surface area contributed by atoms with Crippen molar-refractivity contribution < 1.29 is 0 Å². The number of nitrogens with zero attached hydrogens (tertiary/aromatic N) is 7. The van der Waals surface area contributed by atoms with E-state index in [1.807, 2.05) is 37.2 Å². The van der Waals surface area contributed by atoms with Crippen LogP contribution < -0.4 is 0 Å². The molecular weight excluding hydrogens is 314 g/mol. The van der Waals surface area contributed by atoms with E-state index in [0.29, 0.717) is 0 Å². The minimum absolute atomic E-state index is 0.949. The highest BCUT2D eigenvalue weighted by molar-refractivity contribution is 4.95. The van der Waals surface area contributed by atoms with Gasteiger partial charge in [-0.25, -0.2) is 15.0 Å². The van der Waals surface area contributed by atoms with E-state index in [1.54, 1.807) is 0 Å². The molecule has 7 heteroatoms. The van der Waals surface area contributed by atoms with Gasteiger partial charge in [0.1, 0.15) is 17.5 Å². The number of aryl methyl sites for hydroxylation is 3. The first-order valence-electron chi connectivity index (χ1n) is 8.74. The number of hydrogen-bond donors (Lipinski definition) is 0. The van der Waals surface area contributed by atoms with Crippen molar-refractivity contribution in [1.29, 1.82) is 0 Å². The summed E-state index contributed by atoms with van der Waals surface area (Å²) in [6.45, 7) is 2.96. The molecule has 3 aromatic heterocycles. The summed E-state index contributed by atoms with van der Waals surface area (Å²) >= 11 is 0. The standard InChI is InChI=1S/C18H27N7/c1-22-13-7-19-16(22)4-10-25(11-5-17-20-8-14-23(17)2)12-6-18-21-9-15-24(18)3/h7-9,13-15H,4-6,10-12H2,1-3H3. The summed E-state index contributed by atoms with van der Waals surface area (Å²) in [5.74, 6) is 3.37. The first-order chi connectivity index (χ1) is 12.1. The van der Waals surface area contributed by atoms with Gasteiger partial charge in [0.05, 0.1) is 0 Å². The van der Waals surface area contributed by atoms with Crippen LogP contribution in [0.3, 0.4) is 0 Å². The van der Waals surface area contributed by atoms with Crippen LogP contribution in [0, 0.1) is 0 Å². The second kappa shape index (κ2) is 8.11. The molecule has 0 saturated heterocycles. The molecule has 7 nitrogen and oxygen atoms in total. The Morgan fingerprint density at radius 1 is 0.640 bits per heavy atom. The Kier molecular flexibility index (Phi) is 5.65. The van der Waals surface area contributed by atoms with Crippen molar-refractivity contribution in [2.45, 2.75) is 19.3 Å². The second-order valence-electron chi connectivity index (χ2n) is 6.45. The van der Waals surface area contributed by atoms with Gasteiger partial charge < -0.3 is 18.6 Å². The van der Waals surface area contributed by atoms with E-state index in [1.165, 1.54) is 0 Å². The highest BCUT2D eigenvalue weighted by Gasteiger charge is 2.11. The lowest BCUT2D eigenvalue weighted by Gasteiger charge is -2.22. The highest BCUT2D eigenvalue weighted by atomic mass is 15.1. The van der Waals surface area contributed by atoms with Crippen molar-refractivity contribution in [1.82, 2.24) is 33.6 Å². The molecule has 0 spiro atoms. The predicted molar refractivity (Wildman–Crippen MR) is 97.2 cm³/mol. The first-order valence-corrected chi connectivity index (χ1v) is 8.74. The first kappa shape index (κ1) is 17.4. The quantitative estimate of drug-likeness (QED) is 0.587. The summed E-state index contributed by atoms with van der Waals surface area (Å²) < 4.78 is 6.28. The summed E-state index contributed by atoms with van der Waals surface area (Å²) in [6, 6.07) is 0. The molecule has 0 radical (unpaired) electrons. The normalized spacial score (nSPS) is 11.5. The van der Waals surface area contributed by atoms with E-state index in [9.17, 15) is 0 Å². The molecule has 134 valence electrons. The zero-order chi connectivity index (χ0) is 17.6. The molecule has 3 rings (SSSR count). The summed E-state index contributed by atoms with van der Waals surface area (Å²) in [7, 11) is 6.15. The molecule has 0 amide bonds. The lowest BCUT2D eigenvalue weighted by Crippen LogP contribution is -2.32. The van der Waals surface area contributed by atoms with Crippen LogP contribution in [0.4, 0.5) is 0 Å². The topological polar surface area (TPSA) is 56.7 Å². The molecule has 0 saturated carbocycles. The maximum atomic E-state index is 4.44. The Balaban J connectivity index is 1.59. The van der Waals surface area contributed by atoms with Gasteiger partial charge in [0.2, 0.25) is 0 Å². The van der Waals surface area contributed by atoms with Crippen LogP contribution in [0.2, 0.25) is 0 Å². The number of aromatic nitrogens is 6. The molecular formula is C18H27N7. The van der Waals surface area contributed by atoms with Crippen molar-refractivity contribution in [3.8, 4) is 0 Å². The molecule has 0 aromatic carbocycles. The molecule has 3 aromatic rings. The van der Waals surface area contributed by atoms with Crippen molar-refractivity contribution in [3.63, 3.8) is 0 Å². The lowest BCUT2D eigenvalue weighted by molar-refractivity contribution is 0.276. The van der Waals surface area contributed by atoms with Crippen LogP contribution in [-0.4, -0.2) is 53.2 Å². The predicted octanol–water partition coefficient (Wildman–Crippen LogP) is 1.22. The van der Waals surface area contributed by atoms with Crippen molar-refractivity contribution in [2.75, 3.05) is 19.6 Å². The van der Waals surface area contributed by atoms with Crippen LogP contribution in [0.1, 0.15) is 17.5 Å². The summed E-state index contributed by atoms with van der Waals surface area (Å²) in [4.78, 5) is 15.8. The third kappa shape index (κ3) is 4.57. The van der Waals surface area contributed by atoms with Crippen molar-refractivity contribution in [3.05, 3.63) is 54.7 Å². The maximum Gasteiger partial charge on any atom is 0.109 e. The molecule has 0 unspecified atom stereocenters. The van der Waals surface area contributed by atoms with Gasteiger partial charge in [0.25, 0.3) is 0 Å². The molecule has 0 bridgehead atoms. The van der Waals surface area contributed by atoms with Gasteiger partial charge in [0.15, 0.2) is 0 Å². The maximum absolute atomic E-state index is 4.44. The van der Waals surface area contributed by atoms with Gasteiger partial charge in [-0.05, 0) is 0 Å². The van der Waals surface area contributed by atoms with Crippen LogP contribution >= 0.6 is 0 Å². The van der Waals surface area contributed by atoms with Crippen molar-refractivity contribution >= 4 is 0 Å². The number of hydrogen-bond acceptors (Lipinski definition) is 4. The van der Waals surface area contributed by atoms with Crippen molar-refractivity contribution in [2.24, 2.45) is 21.1 Å². The number of imidazole rings is 3. The Morgan fingerprint density at radius 2 is 0.960 bits per heavy atom. The zero-order valence-electron chi connectivity index (χ0n) is 15.3. The largest absolute Gasteiger partial charge is 0.338 e. The van der Waals surface area contributed by atoms with Gasteiger partial charge in [-0.2, -0.15) is 0 Å². The molecule has 0 aliphatic heterocycles. The van der Waals surface area contributed by atoms with Gasteiger partial charge >= 0.3 is 0 Å². The fourth-order valence-electron chi connectivity index (χ4n) is 3.02. The summed E-state index contributed by atoms with van der Waals surface area (Å²) in [5, 5.41) is 0. The average Bonchev–Trinajstić information content (AvgIpc) is 3.30. The molecule has 3 heterocycles. The van der Waals surface area contributed by atoms with Crippen LogP contribution in [-0.2, 0) is 40.4 Å². The van der Waals surface area contributed by atoms with E-state index in [0.717, 1.165) is 56.4 Å². The Bertz CT molecular complexity index is 678. The van der Waals surface area contributed by atoms with E-state index in [2.05, 4.69) is 54.7 Å². The third-order valence-corrected chi connectivity index (χ3v) is 4.72. The minimum atomic E-state index is 0.949.